The maximum absolute atomic E-state index is 12.3. The van der Waals surface area contributed by atoms with Crippen molar-refractivity contribution in [3.63, 3.8) is 0 Å². The summed E-state index contributed by atoms with van der Waals surface area (Å²) in [5.41, 5.74) is 1.38. The van der Waals surface area contributed by atoms with E-state index in [0.29, 0.717) is 17.7 Å². The number of ether oxygens (including phenoxy) is 1. The lowest BCUT2D eigenvalue weighted by Gasteiger charge is -2.02. The molecule has 0 saturated heterocycles. The van der Waals surface area contributed by atoms with Crippen LogP contribution in [-0.2, 0) is 4.79 Å². The van der Waals surface area contributed by atoms with Crippen LogP contribution in [-0.4, -0.2) is 23.3 Å². The fourth-order valence-corrected chi connectivity index (χ4v) is 2.59. The van der Waals surface area contributed by atoms with Gasteiger partial charge >= 0.3 is 0 Å². The molecule has 4 heteroatoms. The Morgan fingerprint density at radius 3 is 2.38 bits per heavy atom. The molecule has 0 spiro atoms. The SMILES string of the molecule is CCOc1ccc(/C=C\C(=O)C2=C(O)c3ccccc3C2=O)cc1. The van der Waals surface area contributed by atoms with Gasteiger partial charge in [0, 0.05) is 11.1 Å². The molecule has 0 aromatic heterocycles. The first-order chi connectivity index (χ1) is 11.6. The van der Waals surface area contributed by atoms with E-state index in [2.05, 4.69) is 0 Å². The number of carbonyl (C=O) groups is 2. The Morgan fingerprint density at radius 1 is 1.08 bits per heavy atom. The summed E-state index contributed by atoms with van der Waals surface area (Å²) in [5.74, 6) is -0.452. The third-order valence-electron chi connectivity index (χ3n) is 3.76. The monoisotopic (exact) mass is 320 g/mol. The predicted molar refractivity (Wildman–Crippen MR) is 92.0 cm³/mol. The van der Waals surface area contributed by atoms with E-state index in [1.54, 1.807) is 42.5 Å². The minimum atomic E-state index is -0.511. The van der Waals surface area contributed by atoms with Crippen LogP contribution in [0.4, 0.5) is 0 Å². The van der Waals surface area contributed by atoms with Gasteiger partial charge in [-0.05, 0) is 30.7 Å². The average Bonchev–Trinajstić information content (AvgIpc) is 2.86. The Bertz CT molecular complexity index is 857. The Hall–Kier alpha value is -3.14. The lowest BCUT2D eigenvalue weighted by molar-refractivity contribution is -0.110. The minimum Gasteiger partial charge on any atom is -0.506 e. The zero-order valence-electron chi connectivity index (χ0n) is 13.2. The number of hydrogen-bond donors (Lipinski definition) is 1. The van der Waals surface area contributed by atoms with Crippen molar-refractivity contribution in [2.24, 2.45) is 0 Å². The van der Waals surface area contributed by atoms with E-state index in [1.807, 2.05) is 19.1 Å². The maximum atomic E-state index is 12.3. The van der Waals surface area contributed by atoms with E-state index < -0.39 is 11.6 Å². The minimum absolute atomic E-state index is 0.182. The van der Waals surface area contributed by atoms with Crippen LogP contribution in [0.3, 0.4) is 0 Å². The molecule has 4 nitrogen and oxygen atoms in total. The first kappa shape index (κ1) is 15.7. The molecule has 2 aromatic carbocycles. The fourth-order valence-electron chi connectivity index (χ4n) is 2.59. The smallest absolute Gasteiger partial charge is 0.201 e. The molecule has 0 amide bonds. The van der Waals surface area contributed by atoms with Crippen LogP contribution in [0.25, 0.3) is 11.8 Å². The normalized spacial score (nSPS) is 13.5. The Morgan fingerprint density at radius 2 is 1.75 bits per heavy atom. The molecule has 0 aliphatic heterocycles. The van der Waals surface area contributed by atoms with Crippen molar-refractivity contribution >= 4 is 23.4 Å². The third-order valence-corrected chi connectivity index (χ3v) is 3.76. The second kappa shape index (κ2) is 6.54. The van der Waals surface area contributed by atoms with E-state index in [9.17, 15) is 14.7 Å². The number of ketones is 2. The molecule has 24 heavy (non-hydrogen) atoms. The summed E-state index contributed by atoms with van der Waals surface area (Å²) in [5, 5.41) is 10.2. The van der Waals surface area contributed by atoms with Gasteiger partial charge in [0.2, 0.25) is 5.78 Å². The molecule has 0 unspecified atom stereocenters. The van der Waals surface area contributed by atoms with E-state index >= 15 is 0 Å². The maximum Gasteiger partial charge on any atom is 0.201 e. The highest BCUT2D eigenvalue weighted by molar-refractivity contribution is 6.36. The van der Waals surface area contributed by atoms with Crippen molar-refractivity contribution in [3.8, 4) is 5.75 Å². The van der Waals surface area contributed by atoms with E-state index in [4.69, 9.17) is 4.74 Å². The lowest BCUT2D eigenvalue weighted by atomic mass is 10.1. The average molecular weight is 320 g/mol. The Labute approximate surface area is 139 Å². The molecule has 0 radical (unpaired) electrons. The molecule has 0 fully saturated rings. The number of fused-ring (bicyclic) bond motifs is 1. The summed E-state index contributed by atoms with van der Waals surface area (Å²) in [6.07, 6.45) is 2.90. The largest absolute Gasteiger partial charge is 0.506 e. The molecule has 120 valence electrons. The Kier molecular flexibility index (Phi) is 4.29. The number of aliphatic hydroxyl groups excluding tert-OH is 1. The molecule has 0 heterocycles. The van der Waals surface area contributed by atoms with Crippen LogP contribution >= 0.6 is 0 Å². The summed E-state index contributed by atoms with van der Waals surface area (Å²) < 4.78 is 5.36. The molecule has 1 N–H and O–H groups in total. The molecule has 1 aliphatic rings. The summed E-state index contributed by atoms with van der Waals surface area (Å²) in [6.45, 7) is 2.49. The van der Waals surface area contributed by atoms with Gasteiger partial charge in [0.25, 0.3) is 0 Å². The van der Waals surface area contributed by atoms with Crippen LogP contribution in [0, 0.1) is 0 Å². The van der Waals surface area contributed by atoms with Gasteiger partial charge in [0.05, 0.1) is 6.61 Å². The zero-order chi connectivity index (χ0) is 17.1. The van der Waals surface area contributed by atoms with Gasteiger partial charge in [-0.1, -0.05) is 42.5 Å². The van der Waals surface area contributed by atoms with Crippen molar-refractivity contribution < 1.29 is 19.4 Å². The highest BCUT2D eigenvalue weighted by Crippen LogP contribution is 2.31. The molecular formula is C20H16O4. The molecule has 0 saturated carbocycles. The van der Waals surface area contributed by atoms with Gasteiger partial charge in [-0.25, -0.2) is 0 Å². The second-order valence-electron chi connectivity index (χ2n) is 5.30. The van der Waals surface area contributed by atoms with Gasteiger partial charge < -0.3 is 9.84 Å². The molecule has 0 bridgehead atoms. The van der Waals surface area contributed by atoms with Gasteiger partial charge in [0.1, 0.15) is 17.1 Å². The van der Waals surface area contributed by atoms with Crippen LogP contribution in [0.15, 0.2) is 60.2 Å². The summed E-state index contributed by atoms with van der Waals surface area (Å²) >= 11 is 0. The number of carbonyl (C=O) groups excluding carboxylic acids is 2. The number of Topliss-reactive ketones (excluding diaryl/α,β-unsaturated/α-hetero) is 1. The third kappa shape index (κ3) is 2.86. The highest BCUT2D eigenvalue weighted by Gasteiger charge is 2.32. The van der Waals surface area contributed by atoms with Gasteiger partial charge in [-0.2, -0.15) is 0 Å². The van der Waals surface area contributed by atoms with Crippen LogP contribution in [0.1, 0.15) is 28.4 Å². The summed E-state index contributed by atoms with van der Waals surface area (Å²) in [4.78, 5) is 24.6. The van der Waals surface area contributed by atoms with E-state index in [1.165, 1.54) is 6.08 Å². The molecule has 1 aliphatic carbocycles. The number of aliphatic hydroxyl groups is 1. The lowest BCUT2D eigenvalue weighted by Crippen LogP contribution is -2.08. The van der Waals surface area contributed by atoms with E-state index in [0.717, 1.165) is 11.3 Å². The highest BCUT2D eigenvalue weighted by atomic mass is 16.5. The summed E-state index contributed by atoms with van der Waals surface area (Å²) in [7, 11) is 0. The van der Waals surface area contributed by atoms with Gasteiger partial charge in [-0.3, -0.25) is 9.59 Å². The number of benzene rings is 2. The van der Waals surface area contributed by atoms with Crippen molar-refractivity contribution in [1.82, 2.24) is 0 Å². The first-order valence-corrected chi connectivity index (χ1v) is 7.64. The van der Waals surface area contributed by atoms with Crippen molar-refractivity contribution in [3.05, 3.63) is 76.9 Å². The molecular weight excluding hydrogens is 304 g/mol. The molecule has 3 rings (SSSR count). The van der Waals surface area contributed by atoms with Crippen molar-refractivity contribution in [1.29, 1.82) is 0 Å². The van der Waals surface area contributed by atoms with Crippen molar-refractivity contribution in [2.75, 3.05) is 6.61 Å². The number of hydrogen-bond acceptors (Lipinski definition) is 4. The molecule has 0 atom stereocenters. The van der Waals surface area contributed by atoms with E-state index in [-0.39, 0.29) is 11.3 Å². The van der Waals surface area contributed by atoms with Crippen LogP contribution in [0.2, 0.25) is 0 Å². The second-order valence-corrected chi connectivity index (χ2v) is 5.30. The van der Waals surface area contributed by atoms with Crippen molar-refractivity contribution in [2.45, 2.75) is 6.92 Å². The zero-order valence-corrected chi connectivity index (χ0v) is 13.2. The van der Waals surface area contributed by atoms with Crippen LogP contribution in [0.5, 0.6) is 5.75 Å². The van der Waals surface area contributed by atoms with Gasteiger partial charge in [0.15, 0.2) is 5.78 Å². The first-order valence-electron chi connectivity index (χ1n) is 7.64. The van der Waals surface area contributed by atoms with Gasteiger partial charge in [-0.15, -0.1) is 0 Å². The number of rotatable bonds is 5. The Balaban J connectivity index is 1.80. The standard InChI is InChI=1S/C20H16O4/c1-2-24-14-10-7-13(8-11-14)9-12-17(21)18-19(22)15-5-3-4-6-16(15)20(18)23/h3-12,22H,2H2,1H3/b12-9-. The van der Waals surface area contributed by atoms with Crippen LogP contribution < -0.4 is 4.74 Å². The quantitative estimate of drug-likeness (QED) is 0.671. The topological polar surface area (TPSA) is 63.6 Å². The molecule has 2 aromatic rings. The summed E-state index contributed by atoms with van der Waals surface area (Å²) in [6, 6.07) is 13.9. The predicted octanol–water partition coefficient (Wildman–Crippen LogP) is 3.83. The fraction of sp³-hybridized carbons (Fsp3) is 0.100. The number of allylic oxidation sites excluding steroid dienone is 2.